The summed E-state index contributed by atoms with van der Waals surface area (Å²) in [6.07, 6.45) is -3.27. The summed E-state index contributed by atoms with van der Waals surface area (Å²) in [6, 6.07) is 4.70. The summed E-state index contributed by atoms with van der Waals surface area (Å²) in [5, 5.41) is 6.95. The lowest BCUT2D eigenvalue weighted by Crippen LogP contribution is -2.17. The van der Waals surface area contributed by atoms with Crippen molar-refractivity contribution in [2.24, 2.45) is 0 Å². The van der Waals surface area contributed by atoms with E-state index in [1.807, 2.05) is 0 Å². The molecule has 1 aromatic carbocycles. The SMILES string of the molecule is CNCc1cnn(-c2ccc(C)c(Cl)c2)c1C(F)(F)F. The van der Waals surface area contributed by atoms with Crippen LogP contribution in [0.15, 0.2) is 24.4 Å². The highest BCUT2D eigenvalue weighted by atomic mass is 35.5. The Bertz CT molecular complexity index is 620. The zero-order valence-electron chi connectivity index (χ0n) is 10.9. The van der Waals surface area contributed by atoms with Crippen molar-refractivity contribution in [3.8, 4) is 5.69 Å². The summed E-state index contributed by atoms with van der Waals surface area (Å²) in [5.41, 5.74) is 0.394. The zero-order valence-corrected chi connectivity index (χ0v) is 11.7. The molecule has 0 saturated carbocycles. The first-order valence-corrected chi connectivity index (χ1v) is 6.27. The molecule has 0 bridgehead atoms. The Morgan fingerprint density at radius 3 is 2.60 bits per heavy atom. The van der Waals surface area contributed by atoms with Crippen LogP contribution in [0.5, 0.6) is 0 Å². The van der Waals surface area contributed by atoms with E-state index in [9.17, 15) is 13.2 Å². The lowest BCUT2D eigenvalue weighted by molar-refractivity contribution is -0.143. The van der Waals surface area contributed by atoms with E-state index in [0.29, 0.717) is 5.02 Å². The van der Waals surface area contributed by atoms with Gasteiger partial charge in [0.05, 0.1) is 11.9 Å². The number of halogens is 4. The van der Waals surface area contributed by atoms with Crippen LogP contribution >= 0.6 is 11.6 Å². The molecule has 1 heterocycles. The molecule has 7 heteroatoms. The predicted octanol–water partition coefficient (Wildman–Crippen LogP) is 3.57. The summed E-state index contributed by atoms with van der Waals surface area (Å²) < 4.78 is 40.5. The van der Waals surface area contributed by atoms with Crippen molar-refractivity contribution in [2.75, 3.05) is 7.05 Å². The third-order valence-corrected chi connectivity index (χ3v) is 3.29. The molecule has 108 valence electrons. The molecule has 3 nitrogen and oxygen atoms in total. The molecule has 1 N–H and O–H groups in total. The van der Waals surface area contributed by atoms with E-state index >= 15 is 0 Å². The Hall–Kier alpha value is -1.53. The van der Waals surface area contributed by atoms with Crippen molar-refractivity contribution >= 4 is 11.6 Å². The van der Waals surface area contributed by atoms with E-state index in [2.05, 4.69) is 10.4 Å². The van der Waals surface area contributed by atoms with Crippen LogP contribution in [0.3, 0.4) is 0 Å². The number of aromatic nitrogens is 2. The maximum atomic E-state index is 13.2. The van der Waals surface area contributed by atoms with Crippen LogP contribution in [0.25, 0.3) is 5.69 Å². The molecule has 0 radical (unpaired) electrons. The minimum Gasteiger partial charge on any atom is -0.316 e. The first-order chi connectivity index (χ1) is 9.34. The largest absolute Gasteiger partial charge is 0.433 e. The fourth-order valence-electron chi connectivity index (χ4n) is 1.91. The monoisotopic (exact) mass is 303 g/mol. The van der Waals surface area contributed by atoms with Gasteiger partial charge in [0.1, 0.15) is 0 Å². The number of nitrogens with zero attached hydrogens (tertiary/aromatic N) is 2. The van der Waals surface area contributed by atoms with Gasteiger partial charge in [0.2, 0.25) is 0 Å². The van der Waals surface area contributed by atoms with Crippen LogP contribution in [0, 0.1) is 6.92 Å². The van der Waals surface area contributed by atoms with Crippen molar-refractivity contribution in [2.45, 2.75) is 19.6 Å². The summed E-state index contributed by atoms with van der Waals surface area (Å²) in [6.45, 7) is 1.88. The fourth-order valence-corrected chi connectivity index (χ4v) is 2.09. The van der Waals surface area contributed by atoms with Gasteiger partial charge in [0.15, 0.2) is 5.69 Å². The van der Waals surface area contributed by atoms with Crippen LogP contribution in [0.2, 0.25) is 5.02 Å². The number of benzene rings is 1. The predicted molar refractivity (Wildman–Crippen MR) is 71.1 cm³/mol. The summed E-state index contributed by atoms with van der Waals surface area (Å²) in [7, 11) is 1.58. The van der Waals surface area contributed by atoms with E-state index in [1.165, 1.54) is 12.3 Å². The average molecular weight is 304 g/mol. The summed E-state index contributed by atoms with van der Waals surface area (Å²) in [5.74, 6) is 0. The van der Waals surface area contributed by atoms with Crippen LogP contribution in [0.1, 0.15) is 16.8 Å². The highest BCUT2D eigenvalue weighted by molar-refractivity contribution is 6.31. The molecular weight excluding hydrogens is 291 g/mol. The van der Waals surface area contributed by atoms with Crippen molar-refractivity contribution in [3.63, 3.8) is 0 Å². The molecule has 0 amide bonds. The van der Waals surface area contributed by atoms with E-state index in [-0.39, 0.29) is 17.8 Å². The minimum absolute atomic E-state index is 0.0917. The quantitative estimate of drug-likeness (QED) is 0.939. The van der Waals surface area contributed by atoms with Crippen molar-refractivity contribution in [1.82, 2.24) is 15.1 Å². The second kappa shape index (κ2) is 5.46. The average Bonchev–Trinajstić information content (AvgIpc) is 2.77. The Labute approximate surface area is 119 Å². The second-order valence-corrected chi connectivity index (χ2v) is 4.80. The van der Waals surface area contributed by atoms with Crippen molar-refractivity contribution in [3.05, 3.63) is 46.2 Å². The molecule has 0 saturated heterocycles. The van der Waals surface area contributed by atoms with Crippen molar-refractivity contribution < 1.29 is 13.2 Å². The Morgan fingerprint density at radius 2 is 2.05 bits per heavy atom. The lowest BCUT2D eigenvalue weighted by Gasteiger charge is -2.13. The molecule has 20 heavy (non-hydrogen) atoms. The molecule has 2 aromatic rings. The molecule has 0 aliphatic rings. The Kier molecular flexibility index (Phi) is 4.06. The van der Waals surface area contributed by atoms with Gasteiger partial charge in [0.25, 0.3) is 0 Å². The number of hydrogen-bond acceptors (Lipinski definition) is 2. The number of rotatable bonds is 3. The number of alkyl halides is 3. The van der Waals surface area contributed by atoms with Gasteiger partial charge in [-0.3, -0.25) is 0 Å². The minimum atomic E-state index is -4.49. The van der Waals surface area contributed by atoms with Gasteiger partial charge in [-0.05, 0) is 31.7 Å². The van der Waals surface area contributed by atoms with E-state index < -0.39 is 11.9 Å². The molecule has 0 aliphatic heterocycles. The van der Waals surface area contributed by atoms with Gasteiger partial charge in [-0.25, -0.2) is 4.68 Å². The topological polar surface area (TPSA) is 29.9 Å². The number of nitrogens with one attached hydrogen (secondary N) is 1. The van der Waals surface area contributed by atoms with E-state index in [4.69, 9.17) is 11.6 Å². The molecule has 1 aromatic heterocycles. The van der Waals surface area contributed by atoms with E-state index in [0.717, 1.165) is 10.2 Å². The maximum absolute atomic E-state index is 13.2. The van der Waals surface area contributed by atoms with Gasteiger partial charge >= 0.3 is 6.18 Å². The smallest absolute Gasteiger partial charge is 0.316 e. The molecule has 0 spiro atoms. The third-order valence-electron chi connectivity index (χ3n) is 2.88. The molecule has 0 fully saturated rings. The summed E-state index contributed by atoms with van der Waals surface area (Å²) >= 11 is 5.96. The van der Waals surface area contributed by atoms with Gasteiger partial charge in [-0.1, -0.05) is 17.7 Å². The van der Waals surface area contributed by atoms with Crippen molar-refractivity contribution in [1.29, 1.82) is 0 Å². The first kappa shape index (κ1) is 14.9. The van der Waals surface area contributed by atoms with Gasteiger partial charge < -0.3 is 5.32 Å². The third kappa shape index (κ3) is 2.81. The Balaban J connectivity index is 2.59. The number of aryl methyl sites for hydroxylation is 1. The molecular formula is C13H13ClF3N3. The van der Waals surface area contributed by atoms with Crippen LogP contribution in [-0.4, -0.2) is 16.8 Å². The second-order valence-electron chi connectivity index (χ2n) is 4.39. The highest BCUT2D eigenvalue weighted by Gasteiger charge is 2.38. The van der Waals surface area contributed by atoms with Gasteiger partial charge in [0, 0.05) is 17.1 Å². The standard InChI is InChI=1S/C13H13ClF3N3/c1-8-3-4-10(5-11(8)14)20-12(13(15,16)17)9(6-18-2)7-19-20/h3-5,7,18H,6H2,1-2H3. The number of hydrogen-bond donors (Lipinski definition) is 1. The van der Waals surface area contributed by atoms with Gasteiger partial charge in [-0.15, -0.1) is 0 Å². The zero-order chi connectivity index (χ0) is 14.9. The first-order valence-electron chi connectivity index (χ1n) is 5.90. The van der Waals surface area contributed by atoms with E-state index in [1.54, 1.807) is 26.1 Å². The summed E-state index contributed by atoms with van der Waals surface area (Å²) in [4.78, 5) is 0. The van der Waals surface area contributed by atoms with Crippen LogP contribution in [-0.2, 0) is 12.7 Å². The van der Waals surface area contributed by atoms with Crippen LogP contribution in [0.4, 0.5) is 13.2 Å². The molecule has 0 unspecified atom stereocenters. The molecule has 0 atom stereocenters. The maximum Gasteiger partial charge on any atom is 0.433 e. The van der Waals surface area contributed by atoms with Gasteiger partial charge in [-0.2, -0.15) is 18.3 Å². The van der Waals surface area contributed by atoms with Crippen LogP contribution < -0.4 is 5.32 Å². The lowest BCUT2D eigenvalue weighted by atomic mass is 10.2. The Morgan fingerprint density at radius 1 is 1.35 bits per heavy atom. The highest BCUT2D eigenvalue weighted by Crippen LogP contribution is 2.34. The normalized spacial score (nSPS) is 11.9. The molecule has 2 rings (SSSR count). The molecule has 0 aliphatic carbocycles. The fraction of sp³-hybridized carbons (Fsp3) is 0.308.